The Balaban J connectivity index is 1.85. The molecule has 2 aromatic heterocycles. The first-order valence-corrected chi connectivity index (χ1v) is 8.66. The number of aromatic nitrogens is 2. The Bertz CT molecular complexity index is 820. The first kappa shape index (κ1) is 17.0. The van der Waals surface area contributed by atoms with Crippen molar-refractivity contribution >= 4 is 5.91 Å². The number of rotatable bonds is 7. The van der Waals surface area contributed by atoms with Gasteiger partial charge in [0, 0.05) is 0 Å². The topological polar surface area (TPSA) is 60.1 Å². The third kappa shape index (κ3) is 3.82. The Morgan fingerprint density at radius 1 is 1.12 bits per heavy atom. The molecule has 0 saturated carbocycles. The quantitative estimate of drug-likeness (QED) is 0.717. The van der Waals surface area contributed by atoms with Crippen LogP contribution in [0.4, 0.5) is 0 Å². The smallest absolute Gasteiger partial charge is 0.255 e. The van der Waals surface area contributed by atoms with E-state index in [4.69, 9.17) is 9.52 Å². The summed E-state index contributed by atoms with van der Waals surface area (Å²) in [5.74, 6) is 0.644. The van der Waals surface area contributed by atoms with Gasteiger partial charge in [-0.3, -0.25) is 9.48 Å². The lowest BCUT2D eigenvalue weighted by molar-refractivity contribution is 0.0946. The van der Waals surface area contributed by atoms with E-state index >= 15 is 0 Å². The SMILES string of the molecule is CCc1nn(Cc2ccccc2)c(CC)c1C(=O)NCc1ccco1. The van der Waals surface area contributed by atoms with Crippen molar-refractivity contribution in [3.63, 3.8) is 0 Å². The minimum atomic E-state index is -0.0931. The van der Waals surface area contributed by atoms with Crippen LogP contribution in [0, 0.1) is 0 Å². The summed E-state index contributed by atoms with van der Waals surface area (Å²) in [6, 6.07) is 13.8. The predicted molar refractivity (Wildman–Crippen MR) is 96.4 cm³/mol. The van der Waals surface area contributed by atoms with E-state index < -0.39 is 0 Å². The zero-order valence-electron chi connectivity index (χ0n) is 14.7. The van der Waals surface area contributed by atoms with Gasteiger partial charge in [-0.05, 0) is 30.5 Å². The van der Waals surface area contributed by atoms with E-state index in [0.29, 0.717) is 18.7 Å². The number of nitrogens with one attached hydrogen (secondary N) is 1. The lowest BCUT2D eigenvalue weighted by Gasteiger charge is -2.08. The fourth-order valence-electron chi connectivity index (χ4n) is 2.98. The molecule has 0 spiro atoms. The van der Waals surface area contributed by atoms with Crippen LogP contribution in [0.5, 0.6) is 0 Å². The van der Waals surface area contributed by atoms with E-state index in [1.807, 2.05) is 41.9 Å². The molecule has 3 rings (SSSR count). The number of nitrogens with zero attached hydrogens (tertiary/aromatic N) is 2. The first-order valence-electron chi connectivity index (χ1n) is 8.66. The third-order valence-electron chi connectivity index (χ3n) is 4.21. The van der Waals surface area contributed by atoms with Crippen molar-refractivity contribution in [1.82, 2.24) is 15.1 Å². The van der Waals surface area contributed by atoms with Gasteiger partial charge in [0.1, 0.15) is 5.76 Å². The number of hydrogen-bond donors (Lipinski definition) is 1. The molecule has 130 valence electrons. The van der Waals surface area contributed by atoms with E-state index in [-0.39, 0.29) is 5.91 Å². The molecule has 0 bridgehead atoms. The lowest BCUT2D eigenvalue weighted by Crippen LogP contribution is -2.24. The summed E-state index contributed by atoms with van der Waals surface area (Å²) >= 11 is 0. The number of carbonyl (C=O) groups excluding carboxylic acids is 1. The number of amides is 1. The molecule has 2 heterocycles. The second kappa shape index (κ2) is 7.83. The standard InChI is InChI=1S/C20H23N3O2/c1-3-17-19(20(24)21-13-16-11-8-12-25-16)18(4-2)23(22-17)14-15-9-6-5-7-10-15/h5-12H,3-4,13-14H2,1-2H3,(H,21,24). The Morgan fingerprint density at radius 3 is 2.56 bits per heavy atom. The van der Waals surface area contributed by atoms with Crippen molar-refractivity contribution in [2.75, 3.05) is 0 Å². The Labute approximate surface area is 147 Å². The van der Waals surface area contributed by atoms with Crippen LogP contribution in [0.2, 0.25) is 0 Å². The maximum absolute atomic E-state index is 12.8. The zero-order chi connectivity index (χ0) is 17.6. The van der Waals surface area contributed by atoms with Crippen molar-refractivity contribution in [2.24, 2.45) is 0 Å². The largest absolute Gasteiger partial charge is 0.467 e. The summed E-state index contributed by atoms with van der Waals surface area (Å²) in [7, 11) is 0. The van der Waals surface area contributed by atoms with E-state index in [9.17, 15) is 4.79 Å². The van der Waals surface area contributed by atoms with Gasteiger partial charge in [0.15, 0.2) is 0 Å². The van der Waals surface area contributed by atoms with Crippen LogP contribution < -0.4 is 5.32 Å². The molecule has 1 amide bonds. The highest BCUT2D eigenvalue weighted by Crippen LogP contribution is 2.18. The highest BCUT2D eigenvalue weighted by molar-refractivity contribution is 5.96. The number of hydrogen-bond acceptors (Lipinski definition) is 3. The molecule has 1 N–H and O–H groups in total. The maximum Gasteiger partial charge on any atom is 0.255 e. The van der Waals surface area contributed by atoms with Crippen LogP contribution in [0.25, 0.3) is 0 Å². The number of furan rings is 1. The van der Waals surface area contributed by atoms with Crippen LogP contribution in [0.1, 0.15) is 46.9 Å². The normalized spacial score (nSPS) is 10.8. The molecule has 5 nitrogen and oxygen atoms in total. The second-order valence-corrected chi connectivity index (χ2v) is 5.88. The molecule has 0 saturated heterocycles. The van der Waals surface area contributed by atoms with Gasteiger partial charge < -0.3 is 9.73 Å². The van der Waals surface area contributed by atoms with Gasteiger partial charge in [0.25, 0.3) is 5.91 Å². The molecule has 0 radical (unpaired) electrons. The summed E-state index contributed by atoms with van der Waals surface area (Å²) in [6.07, 6.45) is 3.08. The Hall–Kier alpha value is -2.82. The van der Waals surface area contributed by atoms with E-state index in [1.165, 1.54) is 5.56 Å². The van der Waals surface area contributed by atoms with Gasteiger partial charge in [-0.2, -0.15) is 5.10 Å². The molecule has 0 aliphatic carbocycles. The van der Waals surface area contributed by atoms with Crippen LogP contribution in [-0.4, -0.2) is 15.7 Å². The van der Waals surface area contributed by atoms with Gasteiger partial charge in [-0.15, -0.1) is 0 Å². The number of carbonyl (C=O) groups is 1. The second-order valence-electron chi connectivity index (χ2n) is 5.88. The highest BCUT2D eigenvalue weighted by Gasteiger charge is 2.21. The van der Waals surface area contributed by atoms with Gasteiger partial charge in [-0.1, -0.05) is 44.2 Å². The summed E-state index contributed by atoms with van der Waals surface area (Å²) in [5, 5.41) is 7.64. The van der Waals surface area contributed by atoms with Crippen molar-refractivity contribution in [3.05, 3.63) is 77.0 Å². The van der Waals surface area contributed by atoms with Crippen molar-refractivity contribution in [1.29, 1.82) is 0 Å². The molecule has 0 fully saturated rings. The number of aryl methyl sites for hydroxylation is 1. The van der Waals surface area contributed by atoms with Crippen molar-refractivity contribution in [2.45, 2.75) is 39.8 Å². The fraction of sp³-hybridized carbons (Fsp3) is 0.300. The van der Waals surface area contributed by atoms with Crippen LogP contribution in [0.3, 0.4) is 0 Å². The van der Waals surface area contributed by atoms with Crippen LogP contribution in [-0.2, 0) is 25.9 Å². The van der Waals surface area contributed by atoms with E-state index in [0.717, 1.165) is 30.0 Å². The van der Waals surface area contributed by atoms with Gasteiger partial charge >= 0.3 is 0 Å². The Kier molecular flexibility index (Phi) is 5.33. The average Bonchev–Trinajstić information content (AvgIpc) is 3.27. The van der Waals surface area contributed by atoms with Crippen LogP contribution >= 0.6 is 0 Å². The lowest BCUT2D eigenvalue weighted by atomic mass is 10.1. The molecular formula is C20H23N3O2. The molecule has 0 atom stereocenters. The minimum Gasteiger partial charge on any atom is -0.467 e. The molecule has 0 aliphatic heterocycles. The average molecular weight is 337 g/mol. The van der Waals surface area contributed by atoms with Gasteiger partial charge in [0.2, 0.25) is 0 Å². The first-order chi connectivity index (χ1) is 12.2. The fourth-order valence-corrected chi connectivity index (χ4v) is 2.98. The number of benzene rings is 1. The Morgan fingerprint density at radius 2 is 1.92 bits per heavy atom. The van der Waals surface area contributed by atoms with Crippen molar-refractivity contribution in [3.8, 4) is 0 Å². The molecule has 5 heteroatoms. The van der Waals surface area contributed by atoms with E-state index in [2.05, 4.69) is 24.4 Å². The molecule has 3 aromatic rings. The van der Waals surface area contributed by atoms with Crippen LogP contribution in [0.15, 0.2) is 53.1 Å². The molecule has 0 unspecified atom stereocenters. The summed E-state index contributed by atoms with van der Waals surface area (Å²) < 4.78 is 7.24. The third-order valence-corrected chi connectivity index (χ3v) is 4.21. The maximum atomic E-state index is 12.8. The molecule has 1 aromatic carbocycles. The monoisotopic (exact) mass is 337 g/mol. The van der Waals surface area contributed by atoms with Gasteiger partial charge in [-0.25, -0.2) is 0 Å². The van der Waals surface area contributed by atoms with E-state index in [1.54, 1.807) is 6.26 Å². The van der Waals surface area contributed by atoms with Crippen molar-refractivity contribution < 1.29 is 9.21 Å². The zero-order valence-corrected chi connectivity index (χ0v) is 14.7. The molecule has 0 aliphatic rings. The predicted octanol–water partition coefficient (Wildman–Crippen LogP) is 3.58. The summed E-state index contributed by atoms with van der Waals surface area (Å²) in [6.45, 7) is 5.13. The highest BCUT2D eigenvalue weighted by atomic mass is 16.3. The molecular weight excluding hydrogens is 314 g/mol. The summed E-state index contributed by atoms with van der Waals surface area (Å²) in [4.78, 5) is 12.8. The van der Waals surface area contributed by atoms with Gasteiger partial charge in [0.05, 0.1) is 36.3 Å². The minimum absolute atomic E-state index is 0.0931. The summed E-state index contributed by atoms with van der Waals surface area (Å²) in [5.41, 5.74) is 3.68. The molecule has 25 heavy (non-hydrogen) atoms.